The Kier molecular flexibility index (Phi) is 5.30. The van der Waals surface area contributed by atoms with Gasteiger partial charge in [0.05, 0.1) is 18.6 Å². The van der Waals surface area contributed by atoms with Gasteiger partial charge in [-0.05, 0) is 43.7 Å². The Balaban J connectivity index is 2.03. The molecule has 0 saturated carbocycles. The fourth-order valence-electron chi connectivity index (χ4n) is 3.76. The summed E-state index contributed by atoms with van der Waals surface area (Å²) in [4.78, 5) is 25.5. The van der Waals surface area contributed by atoms with Crippen molar-refractivity contribution in [2.24, 2.45) is 0 Å². The zero-order valence-corrected chi connectivity index (χ0v) is 17.8. The molecule has 0 bridgehead atoms. The molecule has 1 aliphatic rings. The predicted octanol–water partition coefficient (Wildman–Crippen LogP) is 4.16. The number of furan rings is 1. The number of Topliss-reactive ketones (excluding diaryl/α,β-unsaturated/α-hetero) is 1. The molecule has 0 atom stereocenters. The van der Waals surface area contributed by atoms with Crippen molar-refractivity contribution < 1.29 is 31.6 Å². The van der Waals surface area contributed by atoms with Crippen molar-refractivity contribution in [2.45, 2.75) is 19.8 Å². The molecule has 162 valence electrons. The Morgan fingerprint density at radius 1 is 1.23 bits per heavy atom. The lowest BCUT2D eigenvalue weighted by atomic mass is 10.0. The molecule has 0 spiro atoms. The van der Waals surface area contributed by atoms with Crippen molar-refractivity contribution in [3.63, 3.8) is 0 Å². The van der Waals surface area contributed by atoms with Gasteiger partial charge in [0, 0.05) is 35.5 Å². The Hall–Kier alpha value is -3.20. The molecule has 0 saturated heterocycles. The van der Waals surface area contributed by atoms with Gasteiger partial charge in [-0.25, -0.2) is 17.6 Å². The van der Waals surface area contributed by atoms with Crippen LogP contribution in [0.1, 0.15) is 40.5 Å². The first-order chi connectivity index (χ1) is 14.7. The van der Waals surface area contributed by atoms with Gasteiger partial charge in [0.1, 0.15) is 22.7 Å². The fourth-order valence-corrected chi connectivity index (χ4v) is 4.72. The molecule has 7 nitrogen and oxygen atoms in total. The maximum atomic E-state index is 13.4. The predicted molar refractivity (Wildman–Crippen MR) is 113 cm³/mol. The molecule has 0 radical (unpaired) electrons. The normalized spacial score (nSPS) is 14.4. The number of rotatable bonds is 4. The number of ketones is 1. The molecular weight excluding hydrogens is 425 g/mol. The summed E-state index contributed by atoms with van der Waals surface area (Å²) in [5, 5.41) is 0.334. The topological polar surface area (TPSA) is 93.9 Å². The van der Waals surface area contributed by atoms with Crippen LogP contribution in [-0.4, -0.2) is 39.6 Å². The molecule has 0 fully saturated rings. The number of ether oxygens (including phenoxy) is 1. The molecule has 1 aromatic heterocycles. The average molecular weight is 445 g/mol. The zero-order valence-electron chi connectivity index (χ0n) is 17.0. The van der Waals surface area contributed by atoms with Crippen molar-refractivity contribution in [1.29, 1.82) is 0 Å². The van der Waals surface area contributed by atoms with Gasteiger partial charge in [-0.2, -0.15) is 0 Å². The molecule has 31 heavy (non-hydrogen) atoms. The highest BCUT2D eigenvalue weighted by atomic mass is 32.2. The Morgan fingerprint density at radius 2 is 1.94 bits per heavy atom. The second-order valence-corrected chi connectivity index (χ2v) is 9.17. The third kappa shape index (κ3) is 3.81. The summed E-state index contributed by atoms with van der Waals surface area (Å²) in [6.07, 6.45) is 1.64. The fraction of sp³-hybridized carbons (Fsp3) is 0.273. The van der Waals surface area contributed by atoms with Gasteiger partial charge in [0.15, 0.2) is 5.78 Å². The number of sulfonamides is 1. The third-order valence-corrected chi connectivity index (χ3v) is 6.31. The molecular formula is C22H20FNO6S. The van der Waals surface area contributed by atoms with Crippen LogP contribution in [0.4, 0.5) is 10.1 Å². The summed E-state index contributed by atoms with van der Waals surface area (Å²) in [5.41, 5.74) is 1.19. The standard InChI is InChI=1S/C22H20FNO6S/c1-3-29-22(26)20-16-11-15-17(24(31(2,27)28)10-4-5-18(15)25)12-19(16)30-21(20)13-6-8-14(23)9-7-13/h6-9,11-12H,3-5,10H2,1-2H3. The van der Waals surface area contributed by atoms with Gasteiger partial charge >= 0.3 is 5.97 Å². The van der Waals surface area contributed by atoms with Crippen LogP contribution in [0.2, 0.25) is 0 Å². The van der Waals surface area contributed by atoms with Crippen LogP contribution in [0.3, 0.4) is 0 Å². The van der Waals surface area contributed by atoms with Crippen LogP contribution in [0.5, 0.6) is 0 Å². The van der Waals surface area contributed by atoms with E-state index in [9.17, 15) is 22.4 Å². The van der Waals surface area contributed by atoms with E-state index in [0.29, 0.717) is 17.4 Å². The summed E-state index contributed by atoms with van der Waals surface area (Å²) in [6.45, 7) is 1.96. The number of esters is 1. The second kappa shape index (κ2) is 7.81. The summed E-state index contributed by atoms with van der Waals surface area (Å²) in [5.74, 6) is -1.16. The quantitative estimate of drug-likeness (QED) is 0.560. The lowest BCUT2D eigenvalue weighted by Gasteiger charge is -2.21. The largest absolute Gasteiger partial charge is 0.462 e. The van der Waals surface area contributed by atoms with Crippen LogP contribution in [0, 0.1) is 5.82 Å². The molecule has 3 aromatic rings. The van der Waals surface area contributed by atoms with E-state index < -0.39 is 21.8 Å². The number of carbonyl (C=O) groups is 2. The number of anilines is 1. The van der Waals surface area contributed by atoms with Gasteiger partial charge in [-0.3, -0.25) is 9.10 Å². The van der Waals surface area contributed by atoms with E-state index in [4.69, 9.17) is 9.15 Å². The highest BCUT2D eigenvalue weighted by Crippen LogP contribution is 2.39. The first-order valence-corrected chi connectivity index (χ1v) is 11.6. The number of benzene rings is 2. The number of nitrogens with zero attached hydrogens (tertiary/aromatic N) is 1. The van der Waals surface area contributed by atoms with Gasteiger partial charge < -0.3 is 9.15 Å². The molecule has 2 aromatic carbocycles. The summed E-state index contributed by atoms with van der Waals surface area (Å²) in [6, 6.07) is 8.36. The molecule has 1 aliphatic heterocycles. The average Bonchev–Trinajstić information content (AvgIpc) is 2.99. The van der Waals surface area contributed by atoms with Crippen molar-refractivity contribution in [3.05, 3.63) is 53.3 Å². The maximum Gasteiger partial charge on any atom is 0.342 e. The molecule has 0 aliphatic carbocycles. The second-order valence-electron chi connectivity index (χ2n) is 7.26. The number of hydrogen-bond donors (Lipinski definition) is 0. The highest BCUT2D eigenvalue weighted by Gasteiger charge is 2.31. The first-order valence-electron chi connectivity index (χ1n) is 9.75. The highest BCUT2D eigenvalue weighted by molar-refractivity contribution is 7.92. The maximum absolute atomic E-state index is 13.4. The minimum Gasteiger partial charge on any atom is -0.462 e. The summed E-state index contributed by atoms with van der Waals surface area (Å²) in [7, 11) is -3.63. The Labute approximate surface area is 178 Å². The Bertz CT molecular complexity index is 1290. The zero-order chi connectivity index (χ0) is 22.3. The molecule has 2 heterocycles. The van der Waals surface area contributed by atoms with E-state index in [1.54, 1.807) is 6.92 Å². The van der Waals surface area contributed by atoms with Gasteiger partial charge in [-0.15, -0.1) is 0 Å². The lowest BCUT2D eigenvalue weighted by molar-refractivity contribution is 0.0528. The van der Waals surface area contributed by atoms with E-state index in [-0.39, 0.29) is 53.5 Å². The molecule has 9 heteroatoms. The van der Waals surface area contributed by atoms with Crippen molar-refractivity contribution in [1.82, 2.24) is 0 Å². The third-order valence-electron chi connectivity index (χ3n) is 5.13. The van der Waals surface area contributed by atoms with Crippen molar-refractivity contribution >= 4 is 38.4 Å². The van der Waals surface area contributed by atoms with E-state index in [1.807, 2.05) is 0 Å². The number of hydrogen-bond acceptors (Lipinski definition) is 6. The molecule has 4 rings (SSSR count). The van der Waals surface area contributed by atoms with Gasteiger partial charge in [0.2, 0.25) is 10.0 Å². The van der Waals surface area contributed by atoms with Crippen LogP contribution in [-0.2, 0) is 14.8 Å². The number of fused-ring (bicyclic) bond motifs is 2. The summed E-state index contributed by atoms with van der Waals surface area (Å²) < 4.78 is 50.4. The van der Waals surface area contributed by atoms with E-state index in [2.05, 4.69) is 0 Å². The van der Waals surface area contributed by atoms with Crippen LogP contribution in [0.15, 0.2) is 40.8 Å². The number of halogens is 1. The first kappa shape index (κ1) is 21.0. The van der Waals surface area contributed by atoms with Crippen LogP contribution < -0.4 is 4.31 Å². The van der Waals surface area contributed by atoms with E-state index >= 15 is 0 Å². The minimum atomic E-state index is -3.63. The van der Waals surface area contributed by atoms with E-state index in [1.165, 1.54) is 40.7 Å². The smallest absolute Gasteiger partial charge is 0.342 e. The van der Waals surface area contributed by atoms with Gasteiger partial charge in [-0.1, -0.05) is 0 Å². The van der Waals surface area contributed by atoms with Gasteiger partial charge in [0.25, 0.3) is 0 Å². The van der Waals surface area contributed by atoms with Crippen molar-refractivity contribution in [2.75, 3.05) is 23.7 Å². The van der Waals surface area contributed by atoms with Crippen molar-refractivity contribution in [3.8, 4) is 11.3 Å². The minimum absolute atomic E-state index is 0.106. The summed E-state index contributed by atoms with van der Waals surface area (Å²) >= 11 is 0. The van der Waals surface area contributed by atoms with Crippen LogP contribution >= 0.6 is 0 Å². The Morgan fingerprint density at radius 3 is 2.58 bits per heavy atom. The molecule has 0 amide bonds. The monoisotopic (exact) mass is 445 g/mol. The van der Waals surface area contributed by atoms with E-state index in [0.717, 1.165) is 6.26 Å². The molecule has 0 N–H and O–H groups in total. The lowest BCUT2D eigenvalue weighted by Crippen LogP contribution is -2.30. The molecule has 0 unspecified atom stereocenters. The SMILES string of the molecule is CCOC(=O)c1c(-c2ccc(F)cc2)oc2cc3c(cc12)C(=O)CCCN3S(C)(=O)=O. The van der Waals surface area contributed by atoms with Crippen LogP contribution in [0.25, 0.3) is 22.3 Å². The number of carbonyl (C=O) groups excluding carboxylic acids is 2.